The molecule has 0 spiro atoms. The van der Waals surface area contributed by atoms with E-state index in [4.69, 9.17) is 15.2 Å². The third-order valence-corrected chi connectivity index (χ3v) is 2.52. The maximum Gasteiger partial charge on any atom is 0.221 e. The highest BCUT2D eigenvalue weighted by Gasteiger charge is 2.07. The number of nitrogens with two attached hydrogens (primary N) is 1. The van der Waals surface area contributed by atoms with E-state index >= 15 is 0 Å². The first-order chi connectivity index (χ1) is 9.06. The van der Waals surface area contributed by atoms with Crippen LogP contribution in [0.4, 0.5) is 0 Å². The Balaban J connectivity index is 0.00000361. The smallest absolute Gasteiger partial charge is 0.221 e. The Morgan fingerprint density at radius 1 is 1.40 bits per heavy atom. The zero-order chi connectivity index (χ0) is 14.3. The van der Waals surface area contributed by atoms with E-state index in [1.54, 1.807) is 14.0 Å². The van der Waals surface area contributed by atoms with Crippen LogP contribution in [0.25, 0.3) is 0 Å². The molecular weight excluding hydrogens is 280 g/mol. The lowest BCUT2D eigenvalue weighted by Crippen LogP contribution is -2.29. The van der Waals surface area contributed by atoms with Gasteiger partial charge in [0.25, 0.3) is 0 Å². The fourth-order valence-corrected chi connectivity index (χ4v) is 1.66. The highest BCUT2D eigenvalue weighted by Crippen LogP contribution is 2.27. The number of hydrogen-bond acceptors (Lipinski definition) is 4. The van der Waals surface area contributed by atoms with E-state index in [-0.39, 0.29) is 24.4 Å². The SMILES string of the molecule is CCOc1cc(CNC(=O)CC(C)N)ccc1OC.Cl. The van der Waals surface area contributed by atoms with Crippen LogP contribution in [0.5, 0.6) is 11.5 Å². The molecule has 0 radical (unpaired) electrons. The lowest BCUT2D eigenvalue weighted by molar-refractivity contribution is -0.121. The van der Waals surface area contributed by atoms with Gasteiger partial charge >= 0.3 is 0 Å². The summed E-state index contributed by atoms with van der Waals surface area (Å²) < 4.78 is 10.7. The summed E-state index contributed by atoms with van der Waals surface area (Å²) in [7, 11) is 1.60. The zero-order valence-corrected chi connectivity index (χ0v) is 13.0. The molecule has 0 aliphatic rings. The molecule has 5 nitrogen and oxygen atoms in total. The number of rotatable bonds is 7. The number of ether oxygens (including phenoxy) is 2. The van der Waals surface area contributed by atoms with Gasteiger partial charge in [0.1, 0.15) is 0 Å². The van der Waals surface area contributed by atoms with Crippen molar-refractivity contribution >= 4 is 18.3 Å². The maximum atomic E-state index is 11.5. The summed E-state index contributed by atoms with van der Waals surface area (Å²) in [5, 5.41) is 2.82. The Kier molecular flexibility index (Phi) is 8.76. The second-order valence-electron chi connectivity index (χ2n) is 4.38. The largest absolute Gasteiger partial charge is 0.493 e. The predicted octanol–water partition coefficient (Wildman–Crippen LogP) is 1.87. The molecule has 0 aliphatic carbocycles. The van der Waals surface area contributed by atoms with E-state index in [2.05, 4.69) is 5.32 Å². The number of carbonyl (C=O) groups excluding carboxylic acids is 1. The van der Waals surface area contributed by atoms with Crippen LogP contribution < -0.4 is 20.5 Å². The molecule has 0 bridgehead atoms. The van der Waals surface area contributed by atoms with Crippen molar-refractivity contribution in [2.45, 2.75) is 32.9 Å². The zero-order valence-electron chi connectivity index (χ0n) is 12.1. The van der Waals surface area contributed by atoms with Gasteiger partial charge in [-0.3, -0.25) is 4.79 Å². The van der Waals surface area contributed by atoms with E-state index in [1.165, 1.54) is 0 Å². The molecular formula is C14H23ClN2O3. The van der Waals surface area contributed by atoms with Crippen molar-refractivity contribution in [3.05, 3.63) is 23.8 Å². The van der Waals surface area contributed by atoms with Gasteiger partial charge in [-0.15, -0.1) is 12.4 Å². The van der Waals surface area contributed by atoms with Gasteiger partial charge in [0, 0.05) is 19.0 Å². The van der Waals surface area contributed by atoms with Crippen LogP contribution in [0.15, 0.2) is 18.2 Å². The molecule has 0 fully saturated rings. The standard InChI is InChI=1S/C14H22N2O3.ClH/c1-4-19-13-8-11(5-6-12(13)18-3)9-16-14(17)7-10(2)15;/h5-6,8,10H,4,7,9,15H2,1-3H3,(H,16,17);1H. The minimum Gasteiger partial charge on any atom is -0.493 e. The van der Waals surface area contributed by atoms with Crippen molar-refractivity contribution in [1.29, 1.82) is 0 Å². The van der Waals surface area contributed by atoms with Gasteiger partial charge in [0.05, 0.1) is 13.7 Å². The Hall–Kier alpha value is -1.46. The van der Waals surface area contributed by atoms with Crippen LogP contribution in [0.1, 0.15) is 25.8 Å². The summed E-state index contributed by atoms with van der Waals surface area (Å²) in [4.78, 5) is 11.5. The summed E-state index contributed by atoms with van der Waals surface area (Å²) in [6.07, 6.45) is 0.328. The molecule has 1 unspecified atom stereocenters. The van der Waals surface area contributed by atoms with Crippen LogP contribution >= 0.6 is 12.4 Å². The maximum absolute atomic E-state index is 11.5. The van der Waals surface area contributed by atoms with Gasteiger partial charge in [-0.05, 0) is 31.5 Å². The van der Waals surface area contributed by atoms with Crippen LogP contribution in [0.3, 0.4) is 0 Å². The predicted molar refractivity (Wildman–Crippen MR) is 81.5 cm³/mol. The quantitative estimate of drug-likeness (QED) is 0.806. The second-order valence-corrected chi connectivity index (χ2v) is 4.38. The van der Waals surface area contributed by atoms with Gasteiger partial charge < -0.3 is 20.5 Å². The van der Waals surface area contributed by atoms with Crippen LogP contribution in [0, 0.1) is 0 Å². The number of methoxy groups -OCH3 is 1. The first kappa shape index (κ1) is 18.5. The number of amides is 1. The van der Waals surface area contributed by atoms with E-state index in [1.807, 2.05) is 25.1 Å². The molecule has 1 aromatic rings. The number of nitrogens with one attached hydrogen (secondary N) is 1. The molecule has 1 atom stereocenters. The van der Waals surface area contributed by atoms with E-state index in [9.17, 15) is 4.79 Å². The average Bonchev–Trinajstić information content (AvgIpc) is 2.36. The molecule has 0 heterocycles. The van der Waals surface area contributed by atoms with Gasteiger partial charge in [0.15, 0.2) is 11.5 Å². The lowest BCUT2D eigenvalue weighted by atomic mass is 10.2. The number of hydrogen-bond donors (Lipinski definition) is 2. The van der Waals surface area contributed by atoms with Gasteiger partial charge in [0.2, 0.25) is 5.91 Å². The number of carbonyl (C=O) groups is 1. The summed E-state index contributed by atoms with van der Waals surface area (Å²) in [6.45, 7) is 4.74. The molecule has 0 saturated heterocycles. The fraction of sp³-hybridized carbons (Fsp3) is 0.500. The van der Waals surface area contributed by atoms with Crippen molar-refractivity contribution < 1.29 is 14.3 Å². The highest BCUT2D eigenvalue weighted by molar-refractivity contribution is 5.85. The normalized spacial score (nSPS) is 11.2. The third-order valence-electron chi connectivity index (χ3n) is 2.52. The highest BCUT2D eigenvalue weighted by atomic mass is 35.5. The van der Waals surface area contributed by atoms with E-state index in [0.717, 1.165) is 5.56 Å². The molecule has 114 valence electrons. The Labute approximate surface area is 126 Å². The molecule has 0 aliphatic heterocycles. The summed E-state index contributed by atoms with van der Waals surface area (Å²) in [5.74, 6) is 1.32. The molecule has 3 N–H and O–H groups in total. The van der Waals surface area contributed by atoms with Crippen molar-refractivity contribution in [3.8, 4) is 11.5 Å². The minimum atomic E-state index is -0.130. The summed E-state index contributed by atoms with van der Waals surface area (Å²) >= 11 is 0. The molecule has 0 saturated carbocycles. The third kappa shape index (κ3) is 6.12. The fourth-order valence-electron chi connectivity index (χ4n) is 1.66. The van der Waals surface area contributed by atoms with Gasteiger partial charge in [-0.2, -0.15) is 0 Å². The van der Waals surface area contributed by atoms with E-state index in [0.29, 0.717) is 31.1 Å². The Bertz CT molecular complexity index is 425. The summed E-state index contributed by atoms with van der Waals surface area (Å²) in [5.41, 5.74) is 6.53. The van der Waals surface area contributed by atoms with Crippen LogP contribution in [0.2, 0.25) is 0 Å². The van der Waals surface area contributed by atoms with Gasteiger partial charge in [-0.1, -0.05) is 6.07 Å². The number of benzene rings is 1. The summed E-state index contributed by atoms with van der Waals surface area (Å²) in [6, 6.07) is 5.47. The molecule has 1 rings (SSSR count). The molecule has 0 aromatic heterocycles. The monoisotopic (exact) mass is 302 g/mol. The van der Waals surface area contributed by atoms with E-state index < -0.39 is 0 Å². The van der Waals surface area contributed by atoms with Crippen molar-refractivity contribution in [2.75, 3.05) is 13.7 Å². The molecule has 20 heavy (non-hydrogen) atoms. The second kappa shape index (κ2) is 9.44. The van der Waals surface area contributed by atoms with Crippen LogP contribution in [-0.4, -0.2) is 25.7 Å². The lowest BCUT2D eigenvalue weighted by Gasteiger charge is -2.12. The molecule has 1 aromatic carbocycles. The Morgan fingerprint density at radius 2 is 2.10 bits per heavy atom. The molecule has 1 amide bonds. The molecule has 6 heteroatoms. The first-order valence-corrected chi connectivity index (χ1v) is 6.38. The Morgan fingerprint density at radius 3 is 2.65 bits per heavy atom. The first-order valence-electron chi connectivity index (χ1n) is 6.38. The van der Waals surface area contributed by atoms with Crippen molar-refractivity contribution in [1.82, 2.24) is 5.32 Å². The van der Waals surface area contributed by atoms with Crippen molar-refractivity contribution in [3.63, 3.8) is 0 Å². The van der Waals surface area contributed by atoms with Gasteiger partial charge in [-0.25, -0.2) is 0 Å². The minimum absolute atomic E-state index is 0. The van der Waals surface area contributed by atoms with Crippen molar-refractivity contribution in [2.24, 2.45) is 5.73 Å². The average molecular weight is 303 g/mol. The number of halogens is 1. The topological polar surface area (TPSA) is 73.6 Å². The van der Waals surface area contributed by atoms with Crippen LogP contribution in [-0.2, 0) is 11.3 Å².